The van der Waals surface area contributed by atoms with Gasteiger partial charge in [0.1, 0.15) is 0 Å². The zero-order valence-electron chi connectivity index (χ0n) is 11.8. The quantitative estimate of drug-likeness (QED) is 0.672. The van der Waals surface area contributed by atoms with Gasteiger partial charge in [0.25, 0.3) is 0 Å². The number of amides is 2. The average Bonchev–Trinajstić information content (AvgIpc) is 2.30. The van der Waals surface area contributed by atoms with Gasteiger partial charge in [0.2, 0.25) is 0 Å². The minimum absolute atomic E-state index is 0.189. The summed E-state index contributed by atoms with van der Waals surface area (Å²) in [7, 11) is 5.58. The topological polar surface area (TPSA) is 72.9 Å². The van der Waals surface area contributed by atoms with Crippen LogP contribution in [0.4, 0.5) is 4.79 Å². The fraction of sp³-hybridized carbons (Fsp3) is 0.833. The summed E-state index contributed by atoms with van der Waals surface area (Å²) < 4.78 is 0. The Morgan fingerprint density at radius 3 is 2.28 bits per heavy atom. The van der Waals surface area contributed by atoms with E-state index in [1.165, 1.54) is 0 Å². The Morgan fingerprint density at radius 2 is 1.83 bits per heavy atom. The molecule has 0 saturated heterocycles. The summed E-state index contributed by atoms with van der Waals surface area (Å²) >= 11 is 0. The summed E-state index contributed by atoms with van der Waals surface area (Å²) in [5.41, 5.74) is 0. The van der Waals surface area contributed by atoms with Crippen LogP contribution in [0.3, 0.4) is 0 Å². The molecule has 0 aromatic heterocycles. The molecule has 2 N–H and O–H groups in total. The van der Waals surface area contributed by atoms with Crippen molar-refractivity contribution in [3.63, 3.8) is 0 Å². The second-order valence-electron chi connectivity index (χ2n) is 4.73. The zero-order chi connectivity index (χ0) is 14.1. The Labute approximate surface area is 109 Å². The Morgan fingerprint density at radius 1 is 1.22 bits per heavy atom. The molecule has 0 aliphatic heterocycles. The number of hydrogen-bond acceptors (Lipinski definition) is 3. The van der Waals surface area contributed by atoms with E-state index < -0.39 is 11.9 Å². The maximum atomic E-state index is 11.7. The highest BCUT2D eigenvalue weighted by Gasteiger charge is 2.18. The number of aliphatic carboxylic acids is 1. The molecule has 0 aliphatic carbocycles. The molecule has 106 valence electrons. The van der Waals surface area contributed by atoms with E-state index in [-0.39, 0.29) is 12.6 Å². The highest BCUT2D eigenvalue weighted by atomic mass is 16.4. The van der Waals surface area contributed by atoms with Crippen molar-refractivity contribution < 1.29 is 14.7 Å². The molecule has 2 amide bonds. The lowest BCUT2D eigenvalue weighted by atomic mass is 10.0. The predicted molar refractivity (Wildman–Crippen MR) is 70.6 cm³/mol. The number of likely N-dealkylation sites (N-methyl/N-ethyl adjacent to an activating group) is 2. The molecule has 1 atom stereocenters. The van der Waals surface area contributed by atoms with E-state index in [1.807, 2.05) is 25.9 Å². The Bertz CT molecular complexity index is 269. The largest absolute Gasteiger partial charge is 0.481 e. The molecule has 0 aliphatic rings. The number of urea groups is 1. The first-order valence-electron chi connectivity index (χ1n) is 6.25. The number of hydrogen-bond donors (Lipinski definition) is 2. The van der Waals surface area contributed by atoms with E-state index in [0.29, 0.717) is 13.0 Å². The number of carbonyl (C=O) groups excluding carboxylic acids is 1. The van der Waals surface area contributed by atoms with Crippen molar-refractivity contribution in [1.82, 2.24) is 15.1 Å². The van der Waals surface area contributed by atoms with E-state index in [2.05, 4.69) is 5.32 Å². The summed E-state index contributed by atoms with van der Waals surface area (Å²) in [5.74, 6) is -1.35. The third-order valence-corrected chi connectivity index (χ3v) is 2.72. The Kier molecular flexibility index (Phi) is 8.11. The van der Waals surface area contributed by atoms with Gasteiger partial charge in [-0.3, -0.25) is 4.79 Å². The smallest absolute Gasteiger partial charge is 0.317 e. The van der Waals surface area contributed by atoms with Crippen LogP contribution in [0.1, 0.15) is 19.8 Å². The van der Waals surface area contributed by atoms with Gasteiger partial charge in [-0.15, -0.1) is 0 Å². The lowest BCUT2D eigenvalue weighted by molar-refractivity contribution is -0.141. The predicted octanol–water partition coefficient (Wildman–Crippen LogP) is 0.690. The Hall–Kier alpha value is -1.30. The highest BCUT2D eigenvalue weighted by molar-refractivity contribution is 5.75. The van der Waals surface area contributed by atoms with Crippen molar-refractivity contribution in [3.8, 4) is 0 Å². The second kappa shape index (κ2) is 8.74. The zero-order valence-corrected chi connectivity index (χ0v) is 11.8. The van der Waals surface area contributed by atoms with Gasteiger partial charge in [-0.05, 0) is 20.5 Å². The van der Waals surface area contributed by atoms with Crippen LogP contribution in [0.2, 0.25) is 0 Å². The molecule has 6 nitrogen and oxygen atoms in total. The van der Waals surface area contributed by atoms with Crippen molar-refractivity contribution >= 4 is 12.0 Å². The number of carbonyl (C=O) groups is 2. The maximum absolute atomic E-state index is 11.7. The fourth-order valence-corrected chi connectivity index (χ4v) is 1.46. The summed E-state index contributed by atoms with van der Waals surface area (Å²) in [6, 6.07) is -0.223. The first-order chi connectivity index (χ1) is 8.38. The molecular formula is C12H25N3O3. The van der Waals surface area contributed by atoms with E-state index >= 15 is 0 Å². The molecule has 0 heterocycles. The first-order valence-corrected chi connectivity index (χ1v) is 6.25. The molecule has 6 heteroatoms. The van der Waals surface area contributed by atoms with Gasteiger partial charge in [-0.1, -0.05) is 13.3 Å². The van der Waals surface area contributed by atoms with E-state index in [9.17, 15) is 9.59 Å². The summed E-state index contributed by atoms with van der Waals surface area (Å²) in [6.45, 7) is 3.51. The fourth-order valence-electron chi connectivity index (χ4n) is 1.46. The van der Waals surface area contributed by atoms with Gasteiger partial charge in [0.05, 0.1) is 5.92 Å². The van der Waals surface area contributed by atoms with Crippen LogP contribution >= 0.6 is 0 Å². The first kappa shape index (κ1) is 16.7. The number of carboxylic acid groups (broad SMARTS) is 1. The molecule has 0 radical (unpaired) electrons. The van der Waals surface area contributed by atoms with Gasteiger partial charge in [-0.25, -0.2) is 4.79 Å². The minimum Gasteiger partial charge on any atom is -0.481 e. The van der Waals surface area contributed by atoms with Crippen molar-refractivity contribution in [2.45, 2.75) is 19.8 Å². The van der Waals surface area contributed by atoms with Crippen LogP contribution in [0.25, 0.3) is 0 Å². The van der Waals surface area contributed by atoms with Crippen LogP contribution in [0.5, 0.6) is 0 Å². The molecule has 0 spiro atoms. The van der Waals surface area contributed by atoms with Crippen LogP contribution in [0, 0.1) is 5.92 Å². The molecule has 0 aromatic rings. The molecule has 18 heavy (non-hydrogen) atoms. The average molecular weight is 259 g/mol. The van der Waals surface area contributed by atoms with Crippen molar-refractivity contribution in [3.05, 3.63) is 0 Å². The number of carboxylic acids is 1. The van der Waals surface area contributed by atoms with Crippen LogP contribution in [-0.2, 0) is 4.79 Å². The van der Waals surface area contributed by atoms with Crippen LogP contribution in [-0.4, -0.2) is 67.7 Å². The standard InChI is InChI=1S/C12H25N3O3/c1-5-6-10(11(16)17)9-13-12(18)15(4)8-7-14(2)3/h10H,5-9H2,1-4H3,(H,13,18)(H,16,17). The molecule has 0 saturated carbocycles. The molecule has 0 aromatic carbocycles. The van der Waals surface area contributed by atoms with Crippen LogP contribution < -0.4 is 5.32 Å². The van der Waals surface area contributed by atoms with Gasteiger partial charge in [0.15, 0.2) is 0 Å². The molecule has 0 rings (SSSR count). The van der Waals surface area contributed by atoms with Crippen molar-refractivity contribution in [2.24, 2.45) is 5.92 Å². The number of nitrogens with one attached hydrogen (secondary N) is 1. The molecule has 0 bridgehead atoms. The molecular weight excluding hydrogens is 234 g/mol. The summed E-state index contributed by atoms with van der Waals surface area (Å²) in [6.07, 6.45) is 1.38. The monoisotopic (exact) mass is 259 g/mol. The van der Waals surface area contributed by atoms with Gasteiger partial charge in [-0.2, -0.15) is 0 Å². The van der Waals surface area contributed by atoms with Gasteiger partial charge < -0.3 is 20.2 Å². The van der Waals surface area contributed by atoms with Gasteiger partial charge in [0, 0.05) is 26.7 Å². The number of rotatable bonds is 8. The van der Waals surface area contributed by atoms with Crippen LogP contribution in [0.15, 0.2) is 0 Å². The van der Waals surface area contributed by atoms with Crippen molar-refractivity contribution in [1.29, 1.82) is 0 Å². The molecule has 0 fully saturated rings. The maximum Gasteiger partial charge on any atom is 0.317 e. The minimum atomic E-state index is -0.854. The second-order valence-corrected chi connectivity index (χ2v) is 4.73. The van der Waals surface area contributed by atoms with E-state index in [0.717, 1.165) is 13.0 Å². The lowest BCUT2D eigenvalue weighted by Crippen LogP contribution is -2.43. The Balaban J connectivity index is 4.02. The van der Waals surface area contributed by atoms with E-state index in [4.69, 9.17) is 5.11 Å². The van der Waals surface area contributed by atoms with E-state index in [1.54, 1.807) is 11.9 Å². The highest BCUT2D eigenvalue weighted by Crippen LogP contribution is 2.05. The summed E-state index contributed by atoms with van der Waals surface area (Å²) in [5, 5.41) is 11.6. The number of nitrogens with zero attached hydrogens (tertiary/aromatic N) is 2. The molecule has 1 unspecified atom stereocenters. The van der Waals surface area contributed by atoms with Crippen molar-refractivity contribution in [2.75, 3.05) is 40.8 Å². The third-order valence-electron chi connectivity index (χ3n) is 2.72. The van der Waals surface area contributed by atoms with Gasteiger partial charge >= 0.3 is 12.0 Å². The normalized spacial score (nSPS) is 12.3. The SMILES string of the molecule is CCCC(CNC(=O)N(C)CCN(C)C)C(=O)O. The third kappa shape index (κ3) is 7.11. The summed E-state index contributed by atoms with van der Waals surface area (Å²) in [4.78, 5) is 26.2. The lowest BCUT2D eigenvalue weighted by Gasteiger charge is -2.21.